The lowest BCUT2D eigenvalue weighted by atomic mass is 10.1. The Morgan fingerprint density at radius 1 is 0.955 bits per heavy atom. The monoisotopic (exact) mass is 361 g/mol. The molecule has 0 aromatic heterocycles. The molecule has 0 spiro atoms. The van der Waals surface area contributed by atoms with Gasteiger partial charge in [-0.05, 0) is 39.5 Å². The molecule has 5 heteroatoms. The number of carbonyl (C=O) groups excluding carboxylic acids is 1. The highest BCUT2D eigenvalue weighted by Gasteiger charge is 2.15. The number of hydrogen-bond acceptors (Lipinski definition) is 1. The molecule has 0 fully saturated rings. The first-order chi connectivity index (χ1) is 10.6. The lowest BCUT2D eigenvalue weighted by molar-refractivity contribution is 0.102. The van der Waals surface area contributed by atoms with E-state index in [2.05, 4.69) is 21.2 Å². The highest BCUT2D eigenvalue weighted by Crippen LogP contribution is 2.26. The van der Waals surface area contributed by atoms with Gasteiger partial charge in [-0.1, -0.05) is 36.4 Å². The molecule has 0 saturated heterocycles. The van der Waals surface area contributed by atoms with E-state index >= 15 is 0 Å². The molecule has 0 unspecified atom stereocenters. The standard InChI is InChI=1S/C17H10BrF2NO/c18-13-9-15(20)14(19)8-12(13)17(22)21-16-7-3-5-10-4-1-2-6-11(10)16/h1-9H,(H,21,22). The van der Waals surface area contributed by atoms with Gasteiger partial charge >= 0.3 is 0 Å². The highest BCUT2D eigenvalue weighted by molar-refractivity contribution is 9.10. The van der Waals surface area contributed by atoms with Crippen molar-refractivity contribution in [1.29, 1.82) is 0 Å². The van der Waals surface area contributed by atoms with Crippen LogP contribution in [0.25, 0.3) is 10.8 Å². The second-order valence-corrected chi connectivity index (χ2v) is 5.58. The first-order valence-corrected chi connectivity index (χ1v) is 7.29. The van der Waals surface area contributed by atoms with Crippen molar-refractivity contribution in [3.63, 3.8) is 0 Å². The van der Waals surface area contributed by atoms with Crippen LogP contribution in [0, 0.1) is 11.6 Å². The van der Waals surface area contributed by atoms with E-state index in [-0.39, 0.29) is 10.0 Å². The number of carbonyl (C=O) groups is 1. The summed E-state index contributed by atoms with van der Waals surface area (Å²) in [4.78, 5) is 12.3. The van der Waals surface area contributed by atoms with Crippen molar-refractivity contribution in [3.05, 3.63) is 76.3 Å². The summed E-state index contributed by atoms with van der Waals surface area (Å²) in [5.74, 6) is -2.58. The molecule has 0 saturated carbocycles. The van der Waals surface area contributed by atoms with Gasteiger partial charge in [0.15, 0.2) is 11.6 Å². The third-order valence-corrected chi connectivity index (χ3v) is 3.95. The van der Waals surface area contributed by atoms with E-state index in [4.69, 9.17) is 0 Å². The smallest absolute Gasteiger partial charge is 0.256 e. The number of fused-ring (bicyclic) bond motifs is 1. The number of nitrogens with one attached hydrogen (secondary N) is 1. The number of benzene rings is 3. The molecular weight excluding hydrogens is 352 g/mol. The summed E-state index contributed by atoms with van der Waals surface area (Å²) in [7, 11) is 0. The van der Waals surface area contributed by atoms with Gasteiger partial charge < -0.3 is 5.32 Å². The van der Waals surface area contributed by atoms with Crippen LogP contribution in [0.3, 0.4) is 0 Å². The van der Waals surface area contributed by atoms with E-state index in [1.165, 1.54) is 0 Å². The molecule has 2 nitrogen and oxygen atoms in total. The summed E-state index contributed by atoms with van der Waals surface area (Å²) in [6.45, 7) is 0. The van der Waals surface area contributed by atoms with Gasteiger partial charge in [0.05, 0.1) is 5.56 Å². The minimum absolute atomic E-state index is 0.0341. The third kappa shape index (κ3) is 2.72. The van der Waals surface area contributed by atoms with Crippen LogP contribution < -0.4 is 5.32 Å². The van der Waals surface area contributed by atoms with E-state index in [1.807, 2.05) is 36.4 Å². The largest absolute Gasteiger partial charge is 0.321 e. The fourth-order valence-electron chi connectivity index (χ4n) is 2.22. The molecule has 22 heavy (non-hydrogen) atoms. The molecule has 0 aliphatic rings. The SMILES string of the molecule is O=C(Nc1cccc2ccccc12)c1cc(F)c(F)cc1Br. The Kier molecular flexibility index (Phi) is 3.90. The maximum absolute atomic E-state index is 13.3. The van der Waals surface area contributed by atoms with Gasteiger partial charge in [0.25, 0.3) is 5.91 Å². The number of anilines is 1. The fraction of sp³-hybridized carbons (Fsp3) is 0. The summed E-state index contributed by atoms with van der Waals surface area (Å²) in [5, 5.41) is 4.58. The predicted molar refractivity (Wildman–Crippen MR) is 86.0 cm³/mol. The van der Waals surface area contributed by atoms with Crippen molar-refractivity contribution >= 4 is 38.3 Å². The Balaban J connectivity index is 1.99. The number of hydrogen-bond donors (Lipinski definition) is 1. The van der Waals surface area contributed by atoms with Gasteiger partial charge in [-0.3, -0.25) is 4.79 Å². The van der Waals surface area contributed by atoms with Gasteiger partial charge in [-0.15, -0.1) is 0 Å². The maximum Gasteiger partial charge on any atom is 0.256 e. The second kappa shape index (κ2) is 5.85. The number of halogens is 3. The Labute approximate surface area is 133 Å². The first kappa shape index (κ1) is 14.7. The average Bonchev–Trinajstić information content (AvgIpc) is 2.51. The van der Waals surface area contributed by atoms with Crippen LogP contribution in [0.5, 0.6) is 0 Å². The summed E-state index contributed by atoms with van der Waals surface area (Å²) >= 11 is 3.08. The zero-order valence-corrected chi connectivity index (χ0v) is 12.8. The third-order valence-electron chi connectivity index (χ3n) is 3.29. The molecule has 0 atom stereocenters. The van der Waals surface area contributed by atoms with E-state index in [9.17, 15) is 13.6 Å². The normalized spacial score (nSPS) is 10.7. The Hall–Kier alpha value is -2.27. The van der Waals surface area contributed by atoms with Gasteiger partial charge in [-0.2, -0.15) is 0 Å². The van der Waals surface area contributed by atoms with Crippen LogP contribution in [-0.4, -0.2) is 5.91 Å². The van der Waals surface area contributed by atoms with Crippen molar-refractivity contribution in [1.82, 2.24) is 0 Å². The van der Waals surface area contributed by atoms with Crippen LogP contribution in [0.2, 0.25) is 0 Å². The first-order valence-electron chi connectivity index (χ1n) is 6.50. The zero-order valence-electron chi connectivity index (χ0n) is 11.2. The molecule has 3 aromatic carbocycles. The van der Waals surface area contributed by atoms with Crippen molar-refractivity contribution in [2.45, 2.75) is 0 Å². The molecule has 1 amide bonds. The number of amides is 1. The molecule has 110 valence electrons. The molecule has 0 heterocycles. The van der Waals surface area contributed by atoms with Crippen molar-refractivity contribution in [2.24, 2.45) is 0 Å². The highest BCUT2D eigenvalue weighted by atomic mass is 79.9. The van der Waals surface area contributed by atoms with Crippen LogP contribution in [0.15, 0.2) is 59.1 Å². The summed E-state index contributed by atoms with van der Waals surface area (Å²) in [6, 6.07) is 14.9. The summed E-state index contributed by atoms with van der Waals surface area (Å²) in [5.41, 5.74) is 0.645. The quantitative estimate of drug-likeness (QED) is 0.629. The molecule has 0 radical (unpaired) electrons. The zero-order chi connectivity index (χ0) is 15.7. The van der Waals surface area contributed by atoms with Crippen LogP contribution >= 0.6 is 15.9 Å². The van der Waals surface area contributed by atoms with E-state index in [0.29, 0.717) is 5.69 Å². The van der Waals surface area contributed by atoms with Gasteiger partial charge in [0.1, 0.15) is 0 Å². The Morgan fingerprint density at radius 2 is 1.64 bits per heavy atom. The van der Waals surface area contributed by atoms with E-state index in [1.54, 1.807) is 6.07 Å². The second-order valence-electron chi connectivity index (χ2n) is 4.73. The Morgan fingerprint density at radius 3 is 2.45 bits per heavy atom. The molecule has 3 aromatic rings. The van der Waals surface area contributed by atoms with Gasteiger partial charge in [-0.25, -0.2) is 8.78 Å². The molecule has 3 rings (SSSR count). The van der Waals surface area contributed by atoms with Gasteiger partial charge in [0.2, 0.25) is 0 Å². The number of rotatable bonds is 2. The molecule has 0 aliphatic heterocycles. The predicted octanol–water partition coefficient (Wildman–Crippen LogP) is 5.13. The lowest BCUT2D eigenvalue weighted by Gasteiger charge is -2.10. The Bertz CT molecular complexity index is 874. The molecule has 0 aliphatic carbocycles. The van der Waals surface area contributed by atoms with Gasteiger partial charge in [0, 0.05) is 15.5 Å². The molecule has 1 N–H and O–H groups in total. The fourth-order valence-corrected chi connectivity index (χ4v) is 2.72. The minimum Gasteiger partial charge on any atom is -0.321 e. The summed E-state index contributed by atoms with van der Waals surface area (Å²) in [6.07, 6.45) is 0. The van der Waals surface area contributed by atoms with Crippen LogP contribution in [-0.2, 0) is 0 Å². The average molecular weight is 362 g/mol. The molecular formula is C17H10BrF2NO. The van der Waals surface area contributed by atoms with Crippen molar-refractivity contribution in [3.8, 4) is 0 Å². The molecule has 0 bridgehead atoms. The van der Waals surface area contributed by atoms with E-state index in [0.717, 1.165) is 22.9 Å². The van der Waals surface area contributed by atoms with E-state index < -0.39 is 17.5 Å². The minimum atomic E-state index is -1.06. The maximum atomic E-state index is 13.3. The van der Waals surface area contributed by atoms with Crippen LogP contribution in [0.1, 0.15) is 10.4 Å². The van der Waals surface area contributed by atoms with Crippen LogP contribution in [0.4, 0.5) is 14.5 Å². The van der Waals surface area contributed by atoms with Crippen molar-refractivity contribution in [2.75, 3.05) is 5.32 Å². The lowest BCUT2D eigenvalue weighted by Crippen LogP contribution is -2.13. The van der Waals surface area contributed by atoms with Crippen molar-refractivity contribution < 1.29 is 13.6 Å². The summed E-state index contributed by atoms with van der Waals surface area (Å²) < 4.78 is 26.7. The topological polar surface area (TPSA) is 29.1 Å².